The molecule has 0 aliphatic heterocycles. The molecule has 1 aliphatic carbocycles. The highest BCUT2D eigenvalue weighted by molar-refractivity contribution is 5.33. The smallest absolute Gasteiger partial charge is 0.0108 e. The lowest BCUT2D eigenvalue weighted by Crippen LogP contribution is -2.31. The summed E-state index contributed by atoms with van der Waals surface area (Å²) in [5.74, 6) is 0.537. The highest BCUT2D eigenvalue weighted by atomic mass is 14.7. The number of benzene rings is 1. The maximum atomic E-state index is 5.99. The average Bonchev–Trinajstić information content (AvgIpc) is 2.12. The van der Waals surface area contributed by atoms with Crippen LogP contribution in [0.3, 0.4) is 0 Å². The van der Waals surface area contributed by atoms with Crippen molar-refractivity contribution >= 4 is 0 Å². The number of aryl methyl sites for hydroxylation is 1. The van der Waals surface area contributed by atoms with Gasteiger partial charge >= 0.3 is 0 Å². The molecule has 12 heavy (non-hydrogen) atoms. The minimum Gasteiger partial charge on any atom is -0.327 e. The van der Waals surface area contributed by atoms with E-state index in [-0.39, 0.29) is 0 Å². The predicted octanol–water partition coefficient (Wildman–Crippen LogP) is 2.06. The van der Waals surface area contributed by atoms with Crippen LogP contribution in [-0.2, 0) is 6.42 Å². The van der Waals surface area contributed by atoms with Gasteiger partial charge in [-0.3, -0.25) is 0 Å². The van der Waals surface area contributed by atoms with Gasteiger partial charge in [-0.1, -0.05) is 31.2 Å². The van der Waals surface area contributed by atoms with Crippen molar-refractivity contribution in [3.05, 3.63) is 35.4 Å². The number of rotatable bonds is 0. The normalized spacial score (nSPS) is 28.2. The maximum absolute atomic E-state index is 5.99. The summed E-state index contributed by atoms with van der Waals surface area (Å²) >= 11 is 0. The van der Waals surface area contributed by atoms with Gasteiger partial charge in [-0.15, -0.1) is 0 Å². The Kier molecular flexibility index (Phi) is 1.89. The fraction of sp³-hybridized carbons (Fsp3) is 0.455. The third-order valence-corrected chi connectivity index (χ3v) is 2.93. The molecule has 1 aliphatic rings. The van der Waals surface area contributed by atoms with Crippen molar-refractivity contribution in [2.45, 2.75) is 31.7 Å². The molecule has 1 heteroatoms. The van der Waals surface area contributed by atoms with Crippen LogP contribution in [0, 0.1) is 0 Å². The molecule has 2 rings (SSSR count). The van der Waals surface area contributed by atoms with Gasteiger partial charge in [0, 0.05) is 6.04 Å². The van der Waals surface area contributed by atoms with Gasteiger partial charge in [-0.05, 0) is 29.9 Å². The van der Waals surface area contributed by atoms with E-state index in [1.165, 1.54) is 11.1 Å². The molecular weight excluding hydrogens is 146 g/mol. The highest BCUT2D eigenvalue weighted by Crippen LogP contribution is 2.29. The van der Waals surface area contributed by atoms with Gasteiger partial charge < -0.3 is 5.73 Å². The Balaban J connectivity index is 2.42. The first kappa shape index (κ1) is 7.81. The lowest BCUT2D eigenvalue weighted by atomic mass is 9.81. The van der Waals surface area contributed by atoms with Crippen molar-refractivity contribution in [1.82, 2.24) is 0 Å². The third kappa shape index (κ3) is 1.14. The third-order valence-electron chi connectivity index (χ3n) is 2.93. The highest BCUT2D eigenvalue weighted by Gasteiger charge is 2.22. The number of hydrogen-bond acceptors (Lipinski definition) is 1. The van der Waals surface area contributed by atoms with Gasteiger partial charge in [-0.25, -0.2) is 0 Å². The van der Waals surface area contributed by atoms with Crippen LogP contribution in [0.1, 0.15) is 30.4 Å². The summed E-state index contributed by atoms with van der Waals surface area (Å²) < 4.78 is 0. The maximum Gasteiger partial charge on any atom is 0.0108 e. The summed E-state index contributed by atoms with van der Waals surface area (Å²) in [6.07, 6.45) is 2.29. The van der Waals surface area contributed by atoms with Gasteiger partial charge in [-0.2, -0.15) is 0 Å². The Morgan fingerprint density at radius 2 is 2.08 bits per heavy atom. The molecular formula is C11H15N. The summed E-state index contributed by atoms with van der Waals surface area (Å²) in [4.78, 5) is 0. The lowest BCUT2D eigenvalue weighted by Gasteiger charge is -2.28. The molecule has 0 amide bonds. The van der Waals surface area contributed by atoms with E-state index >= 15 is 0 Å². The molecule has 1 aromatic rings. The Morgan fingerprint density at radius 1 is 1.33 bits per heavy atom. The summed E-state index contributed by atoms with van der Waals surface area (Å²) in [5, 5.41) is 0. The molecule has 2 unspecified atom stereocenters. The van der Waals surface area contributed by atoms with E-state index in [0.29, 0.717) is 12.0 Å². The Labute approximate surface area is 73.6 Å². The van der Waals surface area contributed by atoms with Crippen LogP contribution in [0.5, 0.6) is 0 Å². The van der Waals surface area contributed by atoms with E-state index in [0.717, 1.165) is 12.8 Å². The van der Waals surface area contributed by atoms with Gasteiger partial charge in [0.25, 0.3) is 0 Å². The minimum atomic E-state index is 0.361. The van der Waals surface area contributed by atoms with E-state index < -0.39 is 0 Å². The second kappa shape index (κ2) is 2.91. The molecule has 2 N–H and O–H groups in total. The molecule has 2 atom stereocenters. The average molecular weight is 161 g/mol. The Hall–Kier alpha value is -0.820. The van der Waals surface area contributed by atoms with E-state index in [1.54, 1.807) is 0 Å². The zero-order chi connectivity index (χ0) is 8.55. The van der Waals surface area contributed by atoms with Crippen LogP contribution in [0.15, 0.2) is 24.3 Å². The number of fused-ring (bicyclic) bond motifs is 1. The second-order valence-electron chi connectivity index (χ2n) is 3.69. The molecule has 0 saturated heterocycles. The van der Waals surface area contributed by atoms with Gasteiger partial charge in [0.2, 0.25) is 0 Å². The molecule has 0 radical (unpaired) electrons. The molecule has 0 fully saturated rings. The molecule has 1 aromatic carbocycles. The van der Waals surface area contributed by atoms with E-state index in [4.69, 9.17) is 5.73 Å². The van der Waals surface area contributed by atoms with Crippen LogP contribution in [0.4, 0.5) is 0 Å². The van der Waals surface area contributed by atoms with Crippen molar-refractivity contribution in [3.8, 4) is 0 Å². The van der Waals surface area contributed by atoms with E-state index in [9.17, 15) is 0 Å². The zero-order valence-electron chi connectivity index (χ0n) is 7.46. The van der Waals surface area contributed by atoms with Crippen LogP contribution in [-0.4, -0.2) is 6.04 Å². The molecule has 1 nitrogen and oxygen atoms in total. The fourth-order valence-corrected chi connectivity index (χ4v) is 2.01. The van der Waals surface area contributed by atoms with E-state index in [1.807, 2.05) is 0 Å². The van der Waals surface area contributed by atoms with E-state index in [2.05, 4.69) is 31.2 Å². The molecule has 0 spiro atoms. The second-order valence-corrected chi connectivity index (χ2v) is 3.69. The molecule has 0 aromatic heterocycles. The summed E-state index contributed by atoms with van der Waals surface area (Å²) in [6, 6.07) is 9.01. The fourth-order valence-electron chi connectivity index (χ4n) is 2.01. The SMILES string of the molecule is CC1c2ccccc2CCC1N. The molecule has 0 saturated carbocycles. The predicted molar refractivity (Wildman–Crippen MR) is 51.2 cm³/mol. The Morgan fingerprint density at radius 3 is 2.92 bits per heavy atom. The largest absolute Gasteiger partial charge is 0.327 e. The number of hydrogen-bond donors (Lipinski definition) is 1. The van der Waals surface area contributed by atoms with Crippen molar-refractivity contribution in [1.29, 1.82) is 0 Å². The molecule has 64 valence electrons. The van der Waals surface area contributed by atoms with Crippen molar-refractivity contribution < 1.29 is 0 Å². The van der Waals surface area contributed by atoms with Crippen LogP contribution < -0.4 is 5.73 Å². The van der Waals surface area contributed by atoms with Crippen molar-refractivity contribution in [2.75, 3.05) is 0 Å². The standard InChI is InChI=1S/C11H15N/c1-8-10-5-3-2-4-9(10)6-7-11(8)12/h2-5,8,11H,6-7,12H2,1H3. The van der Waals surface area contributed by atoms with Crippen LogP contribution in [0.2, 0.25) is 0 Å². The van der Waals surface area contributed by atoms with Crippen molar-refractivity contribution in [3.63, 3.8) is 0 Å². The van der Waals surface area contributed by atoms with Gasteiger partial charge in [0.1, 0.15) is 0 Å². The first-order chi connectivity index (χ1) is 5.79. The monoisotopic (exact) mass is 161 g/mol. The van der Waals surface area contributed by atoms with Crippen LogP contribution >= 0.6 is 0 Å². The summed E-state index contributed by atoms with van der Waals surface area (Å²) in [5.41, 5.74) is 8.94. The van der Waals surface area contributed by atoms with Crippen molar-refractivity contribution in [2.24, 2.45) is 5.73 Å². The topological polar surface area (TPSA) is 26.0 Å². The molecule has 0 heterocycles. The zero-order valence-corrected chi connectivity index (χ0v) is 7.46. The number of nitrogens with two attached hydrogens (primary N) is 1. The molecule has 0 bridgehead atoms. The quantitative estimate of drug-likeness (QED) is 0.619. The Bertz CT molecular complexity index is 280. The first-order valence-electron chi connectivity index (χ1n) is 4.62. The summed E-state index contributed by atoms with van der Waals surface area (Å²) in [6.45, 7) is 2.22. The minimum absolute atomic E-state index is 0.361. The lowest BCUT2D eigenvalue weighted by molar-refractivity contribution is 0.497. The van der Waals surface area contributed by atoms with Gasteiger partial charge in [0.05, 0.1) is 0 Å². The first-order valence-corrected chi connectivity index (χ1v) is 4.62. The summed E-state index contributed by atoms with van der Waals surface area (Å²) in [7, 11) is 0. The van der Waals surface area contributed by atoms with Crippen LogP contribution in [0.25, 0.3) is 0 Å². The van der Waals surface area contributed by atoms with Gasteiger partial charge in [0.15, 0.2) is 0 Å².